The highest BCUT2D eigenvalue weighted by Crippen LogP contribution is 2.24. The number of anilines is 2. The van der Waals surface area contributed by atoms with Crippen LogP contribution in [-0.4, -0.2) is 99.3 Å². The maximum absolute atomic E-state index is 12.6. The third kappa shape index (κ3) is 12.7. The molecule has 6 aromatic rings. The average molecular weight is 866 g/mol. The van der Waals surface area contributed by atoms with Gasteiger partial charge in [0, 0.05) is 90.6 Å². The van der Waals surface area contributed by atoms with Crippen LogP contribution in [0.1, 0.15) is 55.4 Å². The molecule has 8 N–H and O–H groups in total. The van der Waals surface area contributed by atoms with Crippen LogP contribution in [0.5, 0.6) is 0 Å². The van der Waals surface area contributed by atoms with Crippen LogP contribution in [0.15, 0.2) is 83.4 Å². The van der Waals surface area contributed by atoms with Gasteiger partial charge in [0.15, 0.2) is 11.3 Å². The molecule has 322 valence electrons. The second kappa shape index (κ2) is 19.7. The molecule has 23 heteroatoms. The van der Waals surface area contributed by atoms with Crippen molar-refractivity contribution in [1.82, 2.24) is 59.2 Å². The van der Waals surface area contributed by atoms with E-state index in [4.69, 9.17) is 5.73 Å². The number of carbonyl (C=O) groups is 2. The third-order valence-corrected chi connectivity index (χ3v) is 11.0. The van der Waals surface area contributed by atoms with E-state index in [0.717, 1.165) is 6.42 Å². The molecule has 6 aromatic heterocycles. The van der Waals surface area contributed by atoms with Crippen LogP contribution < -0.4 is 36.4 Å². The van der Waals surface area contributed by atoms with E-state index >= 15 is 0 Å². The van der Waals surface area contributed by atoms with Gasteiger partial charge in [-0.3, -0.25) is 20.6 Å². The van der Waals surface area contributed by atoms with Crippen molar-refractivity contribution in [2.75, 3.05) is 30.3 Å². The molecule has 0 unspecified atom stereocenters. The number of hydrogen-bond donors (Lipinski definition) is 7. The molecule has 6 heterocycles. The van der Waals surface area contributed by atoms with Gasteiger partial charge in [0.25, 0.3) is 11.9 Å². The molecule has 0 radical (unpaired) electrons. The number of nitrogens with zero attached hydrogens (tertiary/aromatic N) is 8. The largest absolute Gasteiger partial charge is 0.338 e. The maximum Gasteiger partial charge on any atom is 0.321 e. The summed E-state index contributed by atoms with van der Waals surface area (Å²) in [6.07, 6.45) is 9.93. The number of carbonyl (C=O) groups excluding carboxylic acids is 2. The lowest BCUT2D eigenvalue weighted by atomic mass is 10.1. The Kier molecular flexibility index (Phi) is 15.3. The number of sulfonamides is 2. The van der Waals surface area contributed by atoms with E-state index in [0.29, 0.717) is 53.2 Å². The summed E-state index contributed by atoms with van der Waals surface area (Å²) in [5, 5.41) is 18.8. The lowest BCUT2D eigenvalue weighted by Crippen LogP contribution is -2.40. The average Bonchev–Trinajstić information content (AvgIpc) is 3.77. The molecule has 4 amide bonds. The first-order valence-corrected chi connectivity index (χ1v) is 21.3. The minimum Gasteiger partial charge on any atom is -0.338 e. The van der Waals surface area contributed by atoms with Gasteiger partial charge in [-0.05, 0) is 77.4 Å². The number of nitrogens with two attached hydrogens (primary N) is 1. The number of fused-ring (bicyclic) bond motifs is 2. The van der Waals surface area contributed by atoms with E-state index in [1.165, 1.54) is 27.5 Å². The van der Waals surface area contributed by atoms with Crippen LogP contribution in [-0.2, 0) is 20.0 Å². The molecule has 6 rings (SSSR count). The number of urea groups is 2. The molecule has 60 heavy (non-hydrogen) atoms. The summed E-state index contributed by atoms with van der Waals surface area (Å²) >= 11 is 0. The summed E-state index contributed by atoms with van der Waals surface area (Å²) in [6, 6.07) is 9.02. The van der Waals surface area contributed by atoms with Gasteiger partial charge in [0.05, 0.1) is 0 Å². The van der Waals surface area contributed by atoms with Gasteiger partial charge in [-0.15, -0.1) is 10.2 Å². The zero-order valence-electron chi connectivity index (χ0n) is 33.3. The van der Waals surface area contributed by atoms with Crippen LogP contribution in [0.3, 0.4) is 0 Å². The van der Waals surface area contributed by atoms with Gasteiger partial charge >= 0.3 is 12.1 Å². The van der Waals surface area contributed by atoms with Gasteiger partial charge in [-0.1, -0.05) is 14.4 Å². The lowest BCUT2D eigenvalue weighted by molar-refractivity contribution is 0.251. The van der Waals surface area contributed by atoms with E-state index in [9.17, 15) is 26.4 Å². The molecule has 0 fully saturated rings. The van der Waals surface area contributed by atoms with Crippen molar-refractivity contribution in [2.45, 2.75) is 76.8 Å². The van der Waals surface area contributed by atoms with Crippen LogP contribution in [0.25, 0.3) is 33.5 Å². The van der Waals surface area contributed by atoms with Crippen molar-refractivity contribution in [3.05, 3.63) is 73.6 Å². The number of pyridine rings is 4. The van der Waals surface area contributed by atoms with Crippen molar-refractivity contribution in [3.63, 3.8) is 0 Å². The van der Waals surface area contributed by atoms with Crippen LogP contribution in [0.2, 0.25) is 0 Å². The third-order valence-electron chi connectivity index (χ3n) is 7.62. The Morgan fingerprint density at radius 2 is 1.18 bits per heavy atom. The van der Waals surface area contributed by atoms with Gasteiger partial charge in [0.2, 0.25) is 20.0 Å². The van der Waals surface area contributed by atoms with Gasteiger partial charge < -0.3 is 16.4 Å². The quantitative estimate of drug-likeness (QED) is 0.0875. The van der Waals surface area contributed by atoms with Gasteiger partial charge in [-0.25, -0.2) is 44.9 Å². The molecule has 0 aromatic carbocycles. The number of nitrogens with one attached hydrogen (secondary N) is 6. The number of rotatable bonds is 13. The van der Waals surface area contributed by atoms with E-state index < -0.39 is 31.6 Å². The predicted octanol–water partition coefficient (Wildman–Crippen LogP) is 3.59. The fourth-order valence-corrected chi connectivity index (χ4v) is 7.86. The van der Waals surface area contributed by atoms with Crippen molar-refractivity contribution in [1.29, 1.82) is 0 Å². The number of aromatic nitrogens is 8. The van der Waals surface area contributed by atoms with Crippen LogP contribution in [0, 0.1) is 0 Å². The monoisotopic (exact) mass is 865 g/mol. The molecule has 0 saturated heterocycles. The summed E-state index contributed by atoms with van der Waals surface area (Å²) in [5.74, 6) is 0.303. The zero-order valence-corrected chi connectivity index (χ0v) is 34.9. The van der Waals surface area contributed by atoms with Crippen molar-refractivity contribution in [2.24, 2.45) is 5.73 Å². The summed E-state index contributed by atoms with van der Waals surface area (Å²) in [6.45, 7) is 12.0. The molecule has 0 saturated carbocycles. The maximum atomic E-state index is 12.6. The van der Waals surface area contributed by atoms with E-state index in [2.05, 4.69) is 60.8 Å². The predicted molar refractivity (Wildman–Crippen MR) is 228 cm³/mol. The number of amides is 4. The molecule has 0 aliphatic carbocycles. The molecule has 21 nitrogen and oxygen atoms in total. The van der Waals surface area contributed by atoms with Crippen LogP contribution >= 0.6 is 0 Å². The Labute approximate surface area is 348 Å². The first-order valence-electron chi connectivity index (χ1n) is 18.4. The molecular formula is C37H51N15O6S2. The Morgan fingerprint density at radius 1 is 0.717 bits per heavy atom. The zero-order chi connectivity index (χ0) is 43.0. The van der Waals surface area contributed by atoms with E-state index in [1.54, 1.807) is 89.7 Å². The lowest BCUT2D eigenvalue weighted by Gasteiger charge is -2.20. The van der Waals surface area contributed by atoms with E-state index in [-0.39, 0.29) is 41.2 Å². The van der Waals surface area contributed by atoms with Gasteiger partial charge in [0.1, 0.15) is 9.79 Å². The Bertz CT molecular complexity index is 2660. The highest BCUT2D eigenvalue weighted by molar-refractivity contribution is 7.89. The van der Waals surface area contributed by atoms with E-state index in [1.807, 2.05) is 6.92 Å². The Balaban J connectivity index is 0.000000260. The van der Waals surface area contributed by atoms with Crippen LogP contribution in [0.4, 0.5) is 21.5 Å². The smallest absolute Gasteiger partial charge is 0.321 e. The highest BCUT2D eigenvalue weighted by atomic mass is 32.2. The molecular weight excluding hydrogens is 815 g/mol. The molecule has 0 bridgehead atoms. The van der Waals surface area contributed by atoms with Gasteiger partial charge in [-0.2, -0.15) is 9.97 Å². The fraction of sp³-hybridized carbons (Fsp3) is 0.351. The topological polar surface area (TPSA) is 287 Å². The van der Waals surface area contributed by atoms with Crippen molar-refractivity contribution in [3.8, 4) is 22.3 Å². The molecule has 0 aliphatic heterocycles. The molecule has 0 aliphatic rings. The minimum atomic E-state index is -3.71. The molecule has 0 spiro atoms. The SMILES string of the molecule is C.CC(C)NS(=O)(=O)c1cncc(-c2ccc3nc(NC(=O)NCCN)nn3c2)c1.CCCNC(=O)Nc1nc2ccc(-c3cncc(S(=O)(=O)NC(C)(C)C)c3)cn2n1. The highest BCUT2D eigenvalue weighted by Gasteiger charge is 2.23. The summed E-state index contributed by atoms with van der Waals surface area (Å²) in [4.78, 5) is 40.2. The second-order valence-electron chi connectivity index (χ2n) is 14.3. The normalized spacial score (nSPS) is 11.7. The minimum absolute atomic E-state index is 0. The second-order valence-corrected chi connectivity index (χ2v) is 17.7. The summed E-state index contributed by atoms with van der Waals surface area (Å²) in [7, 11) is -7.37. The molecule has 0 atom stereocenters. The summed E-state index contributed by atoms with van der Waals surface area (Å²) in [5.41, 5.74) is 8.39. The van der Waals surface area contributed by atoms with Crippen molar-refractivity contribution >= 4 is 55.3 Å². The summed E-state index contributed by atoms with van der Waals surface area (Å²) < 4.78 is 58.1. The number of hydrogen-bond acceptors (Lipinski definition) is 13. The standard InChI is InChI=1S/C19H25N7O3S.C17H22N8O3S.CH4/c1-5-8-21-18(27)23-17-22-16-7-6-13(12-26(16)24-17)14-9-15(11-20-10-14)30(28,29)25-19(2,3)4;1-11(2)24-29(27,28)14-7-13(8-19-9-14)12-3-4-15-21-16(23-25(15)10-12)22-17(26)20-6-5-18;/h6-7,9-12,25H,5,8H2,1-4H3,(H2,21,23,24,27);3-4,7-11,24H,5-6,18H2,1-2H3,(H2,20,22,23,26);1H4. The first-order chi connectivity index (χ1) is 27.9. The fourth-order valence-electron chi connectivity index (χ4n) is 5.22. The Morgan fingerprint density at radius 3 is 1.62 bits per heavy atom. The first kappa shape index (κ1) is 46.5. The Hall–Kier alpha value is -6.14. The van der Waals surface area contributed by atoms with Crippen molar-refractivity contribution < 1.29 is 26.4 Å².